The Morgan fingerprint density at radius 1 is 1.21 bits per heavy atom. The summed E-state index contributed by atoms with van der Waals surface area (Å²) in [5.41, 5.74) is 5.29. The predicted molar refractivity (Wildman–Crippen MR) is 113 cm³/mol. The van der Waals surface area contributed by atoms with Crippen molar-refractivity contribution in [2.45, 2.75) is 71.8 Å². The van der Waals surface area contributed by atoms with Crippen LogP contribution in [-0.2, 0) is 24.2 Å². The van der Waals surface area contributed by atoms with Crippen LogP contribution in [0.5, 0.6) is 0 Å². The summed E-state index contributed by atoms with van der Waals surface area (Å²) in [4.78, 5) is 19.3. The highest BCUT2D eigenvalue weighted by Crippen LogP contribution is 2.37. The van der Waals surface area contributed by atoms with Gasteiger partial charge in [-0.15, -0.1) is 0 Å². The zero-order valence-corrected chi connectivity index (χ0v) is 18.2. The molecule has 1 aliphatic rings. The summed E-state index contributed by atoms with van der Waals surface area (Å²) in [7, 11) is 4.09. The van der Waals surface area contributed by atoms with Gasteiger partial charge in [0.15, 0.2) is 0 Å². The molecule has 3 rings (SSSR count). The van der Waals surface area contributed by atoms with Gasteiger partial charge in [0, 0.05) is 30.2 Å². The number of hydrogen-bond donors (Lipinski definition) is 1. The van der Waals surface area contributed by atoms with Crippen molar-refractivity contribution < 1.29 is 13.6 Å². The van der Waals surface area contributed by atoms with Gasteiger partial charge in [-0.2, -0.15) is 8.78 Å². The lowest BCUT2D eigenvalue weighted by Crippen LogP contribution is -2.32. The Bertz CT molecular complexity index is 912. The molecule has 5 nitrogen and oxygen atoms in total. The van der Waals surface area contributed by atoms with E-state index in [4.69, 9.17) is 4.98 Å². The second kappa shape index (κ2) is 8.38. The SMILES string of the molecule is Cc1c(C)n(CCCN(C)C)c2nc3c(c(NC(=O)C(C)(F)F)c12)CCCCC3. The van der Waals surface area contributed by atoms with E-state index in [1.54, 1.807) is 0 Å². The Morgan fingerprint density at radius 3 is 2.55 bits per heavy atom. The van der Waals surface area contributed by atoms with Crippen LogP contribution in [0, 0.1) is 13.8 Å². The average molecular weight is 407 g/mol. The van der Waals surface area contributed by atoms with Crippen LogP contribution in [0.15, 0.2) is 0 Å². The van der Waals surface area contributed by atoms with Gasteiger partial charge in [0.05, 0.1) is 5.69 Å². The summed E-state index contributed by atoms with van der Waals surface area (Å²) in [5, 5.41) is 3.40. The minimum Gasteiger partial charge on any atom is -0.330 e. The number of hydrogen-bond acceptors (Lipinski definition) is 3. The molecule has 0 unspecified atom stereocenters. The summed E-state index contributed by atoms with van der Waals surface area (Å²) in [6.45, 7) is 6.43. The number of alkyl halides is 2. The summed E-state index contributed by atoms with van der Waals surface area (Å²) in [6.07, 6.45) is 5.63. The molecule has 0 bridgehead atoms. The first-order valence-corrected chi connectivity index (χ1v) is 10.5. The number of halogens is 2. The fourth-order valence-electron chi connectivity index (χ4n) is 4.18. The number of rotatable bonds is 6. The number of anilines is 1. The highest BCUT2D eigenvalue weighted by atomic mass is 19.3. The molecule has 0 spiro atoms. The zero-order valence-electron chi connectivity index (χ0n) is 18.2. The van der Waals surface area contributed by atoms with Gasteiger partial charge < -0.3 is 14.8 Å². The van der Waals surface area contributed by atoms with Crippen LogP contribution < -0.4 is 5.32 Å². The topological polar surface area (TPSA) is 50.2 Å². The van der Waals surface area contributed by atoms with Gasteiger partial charge in [0.1, 0.15) is 5.65 Å². The third kappa shape index (κ3) is 4.44. The number of nitrogens with one attached hydrogen (secondary N) is 1. The molecule has 29 heavy (non-hydrogen) atoms. The fourth-order valence-corrected chi connectivity index (χ4v) is 4.18. The van der Waals surface area contributed by atoms with E-state index in [9.17, 15) is 13.6 Å². The molecule has 2 aromatic heterocycles. The van der Waals surface area contributed by atoms with Crippen molar-refractivity contribution in [3.63, 3.8) is 0 Å². The number of carbonyl (C=O) groups excluding carboxylic acids is 1. The summed E-state index contributed by atoms with van der Waals surface area (Å²) in [5.74, 6) is -4.68. The lowest BCUT2D eigenvalue weighted by molar-refractivity contribution is -0.137. The van der Waals surface area contributed by atoms with Crippen LogP contribution >= 0.6 is 0 Å². The Morgan fingerprint density at radius 2 is 1.90 bits per heavy atom. The Hall–Kier alpha value is -2.02. The van der Waals surface area contributed by atoms with Gasteiger partial charge in [0.25, 0.3) is 5.91 Å². The van der Waals surface area contributed by atoms with Crippen molar-refractivity contribution in [3.8, 4) is 0 Å². The molecule has 7 heteroatoms. The molecule has 0 aromatic carbocycles. The number of carbonyl (C=O) groups is 1. The van der Waals surface area contributed by atoms with Crippen LogP contribution in [0.3, 0.4) is 0 Å². The summed E-state index contributed by atoms with van der Waals surface area (Å²) in [6, 6.07) is 0. The molecule has 1 amide bonds. The third-order valence-electron chi connectivity index (χ3n) is 5.91. The molecule has 0 radical (unpaired) electrons. The van der Waals surface area contributed by atoms with E-state index < -0.39 is 11.8 Å². The zero-order chi connectivity index (χ0) is 21.3. The minimum absolute atomic E-state index is 0.547. The standard InChI is InChI=1S/C22H32F2N4O/c1-14-15(2)28(13-9-12-27(4)5)20-18(14)19(26-21(29)22(3,23)24)16-10-7-6-8-11-17(16)25-20/h6-13H2,1-5H3,(H,25,26,29). The van der Waals surface area contributed by atoms with E-state index in [1.165, 1.54) is 0 Å². The third-order valence-corrected chi connectivity index (χ3v) is 5.91. The first-order chi connectivity index (χ1) is 13.6. The first kappa shape index (κ1) is 21.7. The normalized spacial score (nSPS) is 14.9. The van der Waals surface area contributed by atoms with Crippen molar-refractivity contribution >= 4 is 22.6 Å². The van der Waals surface area contributed by atoms with Crippen LogP contribution in [0.25, 0.3) is 11.0 Å². The minimum atomic E-state index is -3.43. The fraction of sp³-hybridized carbons (Fsp3) is 0.636. The first-order valence-electron chi connectivity index (χ1n) is 10.5. The quantitative estimate of drug-likeness (QED) is 0.720. The molecular weight excluding hydrogens is 374 g/mol. The molecule has 2 heterocycles. The van der Waals surface area contributed by atoms with Crippen LogP contribution in [0.1, 0.15) is 55.1 Å². The average Bonchev–Trinajstić information content (AvgIpc) is 2.80. The van der Waals surface area contributed by atoms with Crippen LogP contribution in [0.2, 0.25) is 0 Å². The molecule has 0 fully saturated rings. The maximum absolute atomic E-state index is 13.7. The molecule has 0 aliphatic heterocycles. The maximum atomic E-state index is 13.7. The second-order valence-electron chi connectivity index (χ2n) is 8.53. The van der Waals surface area contributed by atoms with E-state index in [1.807, 2.05) is 27.9 Å². The monoisotopic (exact) mass is 406 g/mol. The smallest absolute Gasteiger partial charge is 0.322 e. The van der Waals surface area contributed by atoms with Crippen LogP contribution in [0.4, 0.5) is 14.5 Å². The Balaban J connectivity index is 2.17. The van der Waals surface area contributed by atoms with Crippen LogP contribution in [-0.4, -0.2) is 46.9 Å². The lowest BCUT2D eigenvalue weighted by Gasteiger charge is -2.18. The summed E-state index contributed by atoms with van der Waals surface area (Å²) < 4.78 is 29.6. The highest BCUT2D eigenvalue weighted by molar-refractivity contribution is 6.06. The lowest BCUT2D eigenvalue weighted by atomic mass is 10.0. The molecule has 0 saturated heterocycles. The number of aromatic nitrogens is 2. The van der Waals surface area contributed by atoms with E-state index in [2.05, 4.69) is 14.8 Å². The van der Waals surface area contributed by atoms with Crippen molar-refractivity contribution in [1.29, 1.82) is 0 Å². The van der Waals surface area contributed by atoms with Gasteiger partial charge in [-0.1, -0.05) is 6.42 Å². The van der Waals surface area contributed by atoms with Gasteiger partial charge in [-0.3, -0.25) is 4.79 Å². The number of nitrogens with zero attached hydrogens (tertiary/aromatic N) is 3. The number of pyridine rings is 1. The summed E-state index contributed by atoms with van der Waals surface area (Å²) >= 11 is 0. The highest BCUT2D eigenvalue weighted by Gasteiger charge is 2.34. The molecule has 160 valence electrons. The molecule has 1 N–H and O–H groups in total. The van der Waals surface area contributed by atoms with Gasteiger partial charge in [-0.05, 0) is 77.7 Å². The van der Waals surface area contributed by atoms with E-state index in [0.29, 0.717) is 12.6 Å². The van der Waals surface area contributed by atoms with Crippen molar-refractivity contribution in [3.05, 3.63) is 22.5 Å². The maximum Gasteiger partial charge on any atom is 0.322 e. The predicted octanol–water partition coefficient (Wildman–Crippen LogP) is 4.47. The van der Waals surface area contributed by atoms with Crippen molar-refractivity contribution in [1.82, 2.24) is 14.5 Å². The Kier molecular flexibility index (Phi) is 6.27. The molecule has 1 aliphatic carbocycles. The molecule has 0 saturated carbocycles. The molecule has 2 aromatic rings. The number of amides is 1. The van der Waals surface area contributed by atoms with Gasteiger partial charge in [0.2, 0.25) is 0 Å². The van der Waals surface area contributed by atoms with Crippen molar-refractivity contribution in [2.75, 3.05) is 26.0 Å². The second-order valence-corrected chi connectivity index (χ2v) is 8.53. The van der Waals surface area contributed by atoms with Gasteiger partial charge >= 0.3 is 5.92 Å². The van der Waals surface area contributed by atoms with Crippen molar-refractivity contribution in [2.24, 2.45) is 0 Å². The largest absolute Gasteiger partial charge is 0.330 e. The van der Waals surface area contributed by atoms with Gasteiger partial charge in [-0.25, -0.2) is 4.98 Å². The van der Waals surface area contributed by atoms with E-state index in [-0.39, 0.29) is 0 Å². The van der Waals surface area contributed by atoms with E-state index in [0.717, 1.165) is 85.2 Å². The number of fused-ring (bicyclic) bond motifs is 2. The molecule has 0 atom stereocenters. The number of aryl methyl sites for hydroxylation is 3. The Labute approximate surface area is 171 Å². The van der Waals surface area contributed by atoms with E-state index >= 15 is 0 Å². The molecular formula is C22H32F2N4O.